The molecule has 3 aromatic rings. The lowest BCUT2D eigenvalue weighted by atomic mass is 10.1. The normalized spacial score (nSPS) is 12.0. The molecule has 1 heterocycles. The van der Waals surface area contributed by atoms with Crippen LogP contribution in [-0.4, -0.2) is 27.4 Å². The Hall–Kier alpha value is -2.31. The fourth-order valence-electron chi connectivity index (χ4n) is 2.53. The van der Waals surface area contributed by atoms with Gasteiger partial charge in [-0.3, -0.25) is 4.72 Å². The van der Waals surface area contributed by atoms with Gasteiger partial charge in [0.2, 0.25) is 5.09 Å². The van der Waals surface area contributed by atoms with Crippen LogP contribution in [0.5, 0.6) is 0 Å². The number of nitrogens with zero attached hydrogens (tertiary/aromatic N) is 1. The molecule has 0 fully saturated rings. The van der Waals surface area contributed by atoms with E-state index in [0.29, 0.717) is 11.3 Å². The molecular formula is C18H20N2O3S. The van der Waals surface area contributed by atoms with E-state index in [1.807, 2.05) is 62.3 Å². The number of hydrogen-bond donors (Lipinski definition) is 1. The van der Waals surface area contributed by atoms with Crippen molar-refractivity contribution < 1.29 is 12.8 Å². The molecule has 0 spiro atoms. The van der Waals surface area contributed by atoms with Crippen molar-refractivity contribution in [2.45, 2.75) is 18.6 Å². The van der Waals surface area contributed by atoms with E-state index in [1.54, 1.807) is 6.07 Å². The Bertz CT molecular complexity index is 942. The molecule has 0 saturated heterocycles. The van der Waals surface area contributed by atoms with Crippen LogP contribution in [0.1, 0.15) is 11.1 Å². The summed E-state index contributed by atoms with van der Waals surface area (Å²) < 4.78 is 33.4. The summed E-state index contributed by atoms with van der Waals surface area (Å²) in [6, 6.07) is 14.5. The van der Waals surface area contributed by atoms with Crippen LogP contribution in [0, 0.1) is 6.92 Å². The third kappa shape index (κ3) is 3.44. The number of para-hydroxylation sites is 1. The van der Waals surface area contributed by atoms with Crippen molar-refractivity contribution in [1.82, 2.24) is 4.90 Å². The monoisotopic (exact) mass is 344 g/mol. The molecule has 5 nitrogen and oxygen atoms in total. The lowest BCUT2D eigenvalue weighted by Gasteiger charge is -2.13. The van der Waals surface area contributed by atoms with Gasteiger partial charge in [-0.15, -0.1) is 0 Å². The molecular weight excluding hydrogens is 324 g/mol. The second-order valence-corrected chi connectivity index (χ2v) is 7.71. The topological polar surface area (TPSA) is 62.6 Å². The van der Waals surface area contributed by atoms with Crippen molar-refractivity contribution in [3.63, 3.8) is 0 Å². The van der Waals surface area contributed by atoms with Crippen molar-refractivity contribution >= 4 is 26.7 Å². The highest BCUT2D eigenvalue weighted by atomic mass is 32.2. The zero-order chi connectivity index (χ0) is 17.3. The third-order valence-corrected chi connectivity index (χ3v) is 4.93. The van der Waals surface area contributed by atoms with Crippen LogP contribution in [0.15, 0.2) is 58.0 Å². The molecule has 1 aromatic heterocycles. The largest absolute Gasteiger partial charge is 0.443 e. The Morgan fingerprint density at radius 2 is 1.83 bits per heavy atom. The molecule has 0 unspecified atom stereocenters. The van der Waals surface area contributed by atoms with Gasteiger partial charge in [0.25, 0.3) is 10.0 Å². The van der Waals surface area contributed by atoms with Gasteiger partial charge >= 0.3 is 0 Å². The zero-order valence-electron chi connectivity index (χ0n) is 13.9. The maximum absolute atomic E-state index is 12.6. The predicted molar refractivity (Wildman–Crippen MR) is 95.6 cm³/mol. The lowest BCUT2D eigenvalue weighted by Crippen LogP contribution is -2.14. The molecule has 3 rings (SSSR count). The van der Waals surface area contributed by atoms with E-state index in [-0.39, 0.29) is 5.09 Å². The van der Waals surface area contributed by atoms with Crippen LogP contribution in [0.25, 0.3) is 11.0 Å². The van der Waals surface area contributed by atoms with E-state index in [2.05, 4.69) is 4.72 Å². The van der Waals surface area contributed by atoms with Crippen LogP contribution >= 0.6 is 0 Å². The number of rotatable bonds is 5. The highest BCUT2D eigenvalue weighted by molar-refractivity contribution is 7.92. The number of hydrogen-bond acceptors (Lipinski definition) is 4. The van der Waals surface area contributed by atoms with Crippen LogP contribution in [0.3, 0.4) is 0 Å². The molecule has 0 bridgehead atoms. The molecule has 1 N–H and O–H groups in total. The van der Waals surface area contributed by atoms with Crippen molar-refractivity contribution in [3.8, 4) is 0 Å². The first-order valence-corrected chi connectivity index (χ1v) is 9.09. The summed E-state index contributed by atoms with van der Waals surface area (Å²) in [5.74, 6) is 0. The smallest absolute Gasteiger partial charge is 0.295 e. The average molecular weight is 344 g/mol. The number of furan rings is 1. The first-order chi connectivity index (χ1) is 11.3. The van der Waals surface area contributed by atoms with E-state index >= 15 is 0 Å². The van der Waals surface area contributed by atoms with Gasteiger partial charge < -0.3 is 9.32 Å². The van der Waals surface area contributed by atoms with Gasteiger partial charge in [0.15, 0.2) is 0 Å². The van der Waals surface area contributed by atoms with E-state index in [4.69, 9.17) is 4.42 Å². The first-order valence-electron chi connectivity index (χ1n) is 7.61. The highest BCUT2D eigenvalue weighted by Crippen LogP contribution is 2.26. The summed E-state index contributed by atoms with van der Waals surface area (Å²) in [6.07, 6.45) is 0. The molecule has 126 valence electrons. The number of benzene rings is 2. The summed E-state index contributed by atoms with van der Waals surface area (Å²) in [5.41, 5.74) is 3.01. The standard InChI is InChI=1S/C18H20N2O3S/c1-13-8-9-14(12-20(2)3)10-16(13)19-24(21,22)18-11-15-6-4-5-7-17(15)23-18/h4-11,19H,12H2,1-3H3. The molecule has 6 heteroatoms. The Labute approximate surface area is 141 Å². The summed E-state index contributed by atoms with van der Waals surface area (Å²) in [7, 11) is 0.167. The van der Waals surface area contributed by atoms with Gasteiger partial charge in [0, 0.05) is 18.0 Å². The highest BCUT2D eigenvalue weighted by Gasteiger charge is 2.20. The van der Waals surface area contributed by atoms with Gasteiger partial charge in [-0.05, 0) is 44.3 Å². The third-order valence-electron chi connectivity index (χ3n) is 3.71. The van der Waals surface area contributed by atoms with Crippen LogP contribution in [-0.2, 0) is 16.6 Å². The van der Waals surface area contributed by atoms with Crippen LogP contribution in [0.2, 0.25) is 0 Å². The van der Waals surface area contributed by atoms with Gasteiger partial charge in [-0.1, -0.05) is 30.3 Å². The Morgan fingerprint density at radius 3 is 2.54 bits per heavy atom. The molecule has 0 saturated carbocycles. The molecule has 24 heavy (non-hydrogen) atoms. The summed E-state index contributed by atoms with van der Waals surface area (Å²) in [5, 5.41) is 0.678. The number of aryl methyl sites for hydroxylation is 1. The minimum Gasteiger partial charge on any atom is -0.443 e. The van der Waals surface area contributed by atoms with E-state index in [9.17, 15) is 8.42 Å². The quantitative estimate of drug-likeness (QED) is 0.768. The van der Waals surface area contributed by atoms with Crippen molar-refractivity contribution in [2.24, 2.45) is 0 Å². The fourth-order valence-corrected chi connectivity index (χ4v) is 3.62. The van der Waals surface area contributed by atoms with Gasteiger partial charge in [0.1, 0.15) is 5.58 Å². The Kier molecular flexibility index (Phi) is 4.34. The van der Waals surface area contributed by atoms with E-state index < -0.39 is 10.0 Å². The maximum atomic E-state index is 12.6. The Balaban J connectivity index is 1.94. The Morgan fingerprint density at radius 1 is 1.08 bits per heavy atom. The van der Waals surface area contributed by atoms with E-state index in [1.165, 1.54) is 6.07 Å². The zero-order valence-corrected chi connectivity index (χ0v) is 14.7. The fraction of sp³-hybridized carbons (Fsp3) is 0.222. The molecule has 0 atom stereocenters. The second-order valence-electron chi connectivity index (χ2n) is 6.10. The minimum absolute atomic E-state index is 0.0823. The van der Waals surface area contributed by atoms with Crippen LogP contribution in [0.4, 0.5) is 5.69 Å². The molecule has 2 aromatic carbocycles. The van der Waals surface area contributed by atoms with E-state index in [0.717, 1.165) is 23.1 Å². The minimum atomic E-state index is -3.77. The summed E-state index contributed by atoms with van der Waals surface area (Å²) >= 11 is 0. The van der Waals surface area contributed by atoms with Crippen molar-refractivity contribution in [1.29, 1.82) is 0 Å². The predicted octanol–water partition coefficient (Wildman–Crippen LogP) is 3.60. The SMILES string of the molecule is Cc1ccc(CN(C)C)cc1NS(=O)(=O)c1cc2ccccc2o1. The number of anilines is 1. The van der Waals surface area contributed by atoms with Crippen LogP contribution < -0.4 is 4.72 Å². The van der Waals surface area contributed by atoms with Gasteiger partial charge in [0.05, 0.1) is 5.69 Å². The number of nitrogens with one attached hydrogen (secondary N) is 1. The van der Waals surface area contributed by atoms with Gasteiger partial charge in [-0.2, -0.15) is 8.42 Å². The first kappa shape index (κ1) is 16.5. The molecule has 0 aliphatic rings. The molecule has 0 amide bonds. The maximum Gasteiger partial charge on any atom is 0.295 e. The number of sulfonamides is 1. The second kappa shape index (κ2) is 6.30. The summed E-state index contributed by atoms with van der Waals surface area (Å²) in [6.45, 7) is 2.61. The molecule has 0 aliphatic carbocycles. The van der Waals surface area contributed by atoms with Crippen molar-refractivity contribution in [2.75, 3.05) is 18.8 Å². The number of fused-ring (bicyclic) bond motifs is 1. The molecule has 0 radical (unpaired) electrons. The molecule has 0 aliphatic heterocycles. The summed E-state index contributed by atoms with van der Waals surface area (Å²) in [4.78, 5) is 2.03. The van der Waals surface area contributed by atoms with Gasteiger partial charge in [-0.25, -0.2) is 0 Å². The lowest BCUT2D eigenvalue weighted by molar-refractivity contribution is 0.402. The van der Waals surface area contributed by atoms with Crippen molar-refractivity contribution in [3.05, 3.63) is 59.7 Å². The average Bonchev–Trinajstić information content (AvgIpc) is 2.95.